The predicted octanol–water partition coefficient (Wildman–Crippen LogP) is 3.33. The molecule has 0 atom stereocenters. The van der Waals surface area contributed by atoms with Crippen molar-refractivity contribution in [1.29, 1.82) is 0 Å². The topological polar surface area (TPSA) is 75.9 Å². The van der Waals surface area contributed by atoms with Crippen molar-refractivity contribution in [2.45, 2.75) is 5.16 Å². The van der Waals surface area contributed by atoms with E-state index in [0.29, 0.717) is 10.8 Å². The Labute approximate surface area is 166 Å². The normalized spacial score (nSPS) is 10.7. The number of hydrogen-bond donors (Lipinski definition) is 1. The molecule has 7 nitrogen and oxygen atoms in total. The lowest BCUT2D eigenvalue weighted by atomic mass is 10.2. The van der Waals surface area contributed by atoms with Crippen LogP contribution in [0.1, 0.15) is 0 Å². The maximum absolute atomic E-state index is 12.1. The molecule has 0 unspecified atom stereocenters. The number of thioether (sulfide) groups is 1. The molecule has 0 radical (unpaired) electrons. The number of pyridine rings is 1. The minimum atomic E-state index is -0.185. The van der Waals surface area contributed by atoms with Crippen LogP contribution in [0.5, 0.6) is 0 Å². The molecule has 0 bridgehead atoms. The van der Waals surface area contributed by atoms with Gasteiger partial charge in [-0.2, -0.15) is 0 Å². The number of rotatable bonds is 6. The van der Waals surface area contributed by atoms with E-state index in [4.69, 9.17) is 11.6 Å². The Bertz CT molecular complexity index is 941. The van der Waals surface area contributed by atoms with Gasteiger partial charge in [0.15, 0.2) is 16.1 Å². The fraction of sp³-hybridized carbons (Fsp3) is 0.222. The molecule has 0 saturated carbocycles. The lowest BCUT2D eigenvalue weighted by molar-refractivity contribution is -0.113. The molecule has 1 amide bonds. The number of amides is 1. The zero-order valence-electron chi connectivity index (χ0n) is 15.2. The molecule has 0 spiro atoms. The minimum absolute atomic E-state index is 0.185. The Balaban J connectivity index is 1.65. The molecule has 27 heavy (non-hydrogen) atoms. The van der Waals surface area contributed by atoms with Gasteiger partial charge in [0.05, 0.1) is 11.4 Å². The van der Waals surface area contributed by atoms with Gasteiger partial charge in [-0.05, 0) is 36.4 Å². The van der Waals surface area contributed by atoms with E-state index in [1.165, 1.54) is 11.8 Å². The van der Waals surface area contributed by atoms with Gasteiger partial charge < -0.3 is 14.8 Å². The van der Waals surface area contributed by atoms with Crippen LogP contribution in [-0.2, 0) is 11.8 Å². The highest BCUT2D eigenvalue weighted by Gasteiger charge is 2.14. The highest BCUT2D eigenvalue weighted by Crippen LogP contribution is 2.25. The quantitative estimate of drug-likeness (QED) is 0.503. The van der Waals surface area contributed by atoms with E-state index in [1.54, 1.807) is 18.3 Å². The van der Waals surface area contributed by atoms with Crippen LogP contribution in [0.2, 0.25) is 5.15 Å². The zero-order valence-corrected chi connectivity index (χ0v) is 16.8. The number of benzene rings is 1. The molecular formula is C18H19ClN6OS. The number of carbonyl (C=O) groups excluding carboxylic acids is 1. The molecule has 0 saturated heterocycles. The monoisotopic (exact) mass is 402 g/mol. The van der Waals surface area contributed by atoms with Gasteiger partial charge in [0.1, 0.15) is 0 Å². The van der Waals surface area contributed by atoms with Gasteiger partial charge in [0.2, 0.25) is 5.91 Å². The van der Waals surface area contributed by atoms with Crippen molar-refractivity contribution in [3.05, 3.63) is 47.7 Å². The van der Waals surface area contributed by atoms with E-state index in [2.05, 4.69) is 20.5 Å². The van der Waals surface area contributed by atoms with Crippen LogP contribution in [0.3, 0.4) is 0 Å². The van der Waals surface area contributed by atoms with Crippen LogP contribution in [0.4, 0.5) is 11.4 Å². The molecule has 0 aliphatic carbocycles. The third kappa shape index (κ3) is 4.58. The Morgan fingerprint density at radius 2 is 1.96 bits per heavy atom. The van der Waals surface area contributed by atoms with Gasteiger partial charge in [-0.3, -0.25) is 4.79 Å². The van der Waals surface area contributed by atoms with Gasteiger partial charge in [0.25, 0.3) is 0 Å². The summed E-state index contributed by atoms with van der Waals surface area (Å²) in [6.45, 7) is 0. The van der Waals surface area contributed by atoms with Crippen molar-refractivity contribution in [2.24, 2.45) is 7.05 Å². The third-order valence-electron chi connectivity index (χ3n) is 3.84. The Morgan fingerprint density at radius 3 is 2.63 bits per heavy atom. The summed E-state index contributed by atoms with van der Waals surface area (Å²) in [4.78, 5) is 18.1. The second-order valence-corrected chi connectivity index (χ2v) is 7.29. The molecule has 0 aliphatic heterocycles. The first-order chi connectivity index (χ1) is 13.0. The first-order valence-electron chi connectivity index (χ1n) is 8.16. The van der Waals surface area contributed by atoms with Crippen molar-refractivity contribution in [1.82, 2.24) is 19.7 Å². The van der Waals surface area contributed by atoms with E-state index in [1.807, 2.05) is 54.9 Å². The van der Waals surface area contributed by atoms with E-state index < -0.39 is 0 Å². The minimum Gasteiger partial charge on any atom is -0.378 e. The first kappa shape index (κ1) is 19.2. The molecule has 3 rings (SSSR count). The summed E-state index contributed by atoms with van der Waals surface area (Å²) in [5, 5.41) is 12.1. The number of halogens is 1. The maximum Gasteiger partial charge on any atom is 0.234 e. The second kappa shape index (κ2) is 8.41. The van der Waals surface area contributed by atoms with Crippen LogP contribution in [0.25, 0.3) is 11.4 Å². The summed E-state index contributed by atoms with van der Waals surface area (Å²) >= 11 is 7.26. The van der Waals surface area contributed by atoms with E-state index in [9.17, 15) is 4.79 Å². The maximum atomic E-state index is 12.1. The fourth-order valence-electron chi connectivity index (χ4n) is 2.40. The lowest BCUT2D eigenvalue weighted by Gasteiger charge is -2.12. The summed E-state index contributed by atoms with van der Waals surface area (Å²) < 4.78 is 1.87. The molecule has 0 fully saturated rings. The van der Waals surface area contributed by atoms with Crippen LogP contribution < -0.4 is 10.2 Å². The summed E-state index contributed by atoms with van der Waals surface area (Å²) in [6.07, 6.45) is 1.57. The molecule has 1 aromatic carbocycles. The van der Waals surface area contributed by atoms with Crippen molar-refractivity contribution in [2.75, 3.05) is 30.1 Å². The zero-order chi connectivity index (χ0) is 19.4. The van der Waals surface area contributed by atoms with Gasteiger partial charge >= 0.3 is 0 Å². The predicted molar refractivity (Wildman–Crippen MR) is 109 cm³/mol. The summed E-state index contributed by atoms with van der Waals surface area (Å²) in [5.41, 5.74) is 2.57. The largest absolute Gasteiger partial charge is 0.378 e. The summed E-state index contributed by atoms with van der Waals surface area (Å²) in [5.74, 6) is 0.754. The van der Waals surface area contributed by atoms with Gasteiger partial charge in [-0.25, -0.2) is 4.98 Å². The second-order valence-electron chi connectivity index (χ2n) is 5.99. The highest BCUT2D eigenvalue weighted by molar-refractivity contribution is 7.99. The van der Waals surface area contributed by atoms with Gasteiger partial charge in [-0.15, -0.1) is 10.2 Å². The standard InChI is InChI=1S/C18H19ClN6OS/c1-24(2)13-8-6-12(7-9-13)17-22-23-18(25(17)3)27-11-15(26)21-14-5-4-10-20-16(14)19/h4-10H,11H2,1-3H3,(H,21,26). The molecule has 9 heteroatoms. The number of anilines is 2. The number of carbonyl (C=O) groups is 1. The van der Waals surface area contributed by atoms with Gasteiger partial charge in [-0.1, -0.05) is 23.4 Å². The van der Waals surface area contributed by atoms with Crippen LogP contribution in [0.15, 0.2) is 47.8 Å². The van der Waals surface area contributed by atoms with E-state index in [-0.39, 0.29) is 16.8 Å². The van der Waals surface area contributed by atoms with Gasteiger partial charge in [0, 0.05) is 38.6 Å². The summed E-state index contributed by atoms with van der Waals surface area (Å²) in [6, 6.07) is 11.5. The lowest BCUT2D eigenvalue weighted by Crippen LogP contribution is -2.15. The molecule has 0 aliphatic rings. The smallest absolute Gasteiger partial charge is 0.234 e. The number of hydrogen-bond acceptors (Lipinski definition) is 6. The third-order valence-corrected chi connectivity index (χ3v) is 5.16. The van der Waals surface area contributed by atoms with Crippen molar-refractivity contribution >= 4 is 40.6 Å². The SMILES string of the molecule is CN(C)c1ccc(-c2nnc(SCC(=O)Nc3cccnc3Cl)n2C)cc1. The Morgan fingerprint density at radius 1 is 1.22 bits per heavy atom. The molecule has 2 heterocycles. The first-order valence-corrected chi connectivity index (χ1v) is 9.52. The number of nitrogens with one attached hydrogen (secondary N) is 1. The summed E-state index contributed by atoms with van der Waals surface area (Å²) in [7, 11) is 5.87. The van der Waals surface area contributed by atoms with Crippen LogP contribution in [0, 0.1) is 0 Å². The van der Waals surface area contributed by atoms with E-state index >= 15 is 0 Å². The van der Waals surface area contributed by atoms with Crippen molar-refractivity contribution < 1.29 is 4.79 Å². The Kier molecular flexibility index (Phi) is 5.98. The average Bonchev–Trinajstić information content (AvgIpc) is 3.02. The molecule has 2 aromatic heterocycles. The molecular weight excluding hydrogens is 384 g/mol. The van der Waals surface area contributed by atoms with Crippen LogP contribution in [-0.4, -0.2) is 45.5 Å². The average molecular weight is 403 g/mol. The van der Waals surface area contributed by atoms with Crippen molar-refractivity contribution in [3.63, 3.8) is 0 Å². The van der Waals surface area contributed by atoms with Crippen molar-refractivity contribution in [3.8, 4) is 11.4 Å². The van der Waals surface area contributed by atoms with E-state index in [0.717, 1.165) is 17.1 Å². The molecule has 1 N–H and O–H groups in total. The van der Waals surface area contributed by atoms with Crippen LogP contribution >= 0.6 is 23.4 Å². The number of aromatic nitrogens is 4. The molecule has 3 aromatic rings. The highest BCUT2D eigenvalue weighted by atomic mass is 35.5. The Hall–Kier alpha value is -2.58. The fourth-order valence-corrected chi connectivity index (χ4v) is 3.27. The number of nitrogens with zero attached hydrogens (tertiary/aromatic N) is 5. The molecule has 140 valence electrons.